The van der Waals surface area contributed by atoms with Crippen LogP contribution in [0.4, 0.5) is 0 Å². The molecule has 1 nitrogen and oxygen atoms in total. The molecule has 0 spiro atoms. The van der Waals surface area contributed by atoms with Crippen molar-refractivity contribution in [1.29, 1.82) is 0 Å². The van der Waals surface area contributed by atoms with Gasteiger partial charge in [-0.1, -0.05) is 27.2 Å². The molecule has 0 aromatic carbocycles. The lowest BCUT2D eigenvalue weighted by Gasteiger charge is -2.37. The average molecular weight is 167 g/mol. The van der Waals surface area contributed by atoms with Gasteiger partial charge in [0.15, 0.2) is 0 Å². The molecule has 0 radical (unpaired) electrons. The molecule has 2 aliphatic rings. The summed E-state index contributed by atoms with van der Waals surface area (Å²) in [4.78, 5) is 2.72. The third kappa shape index (κ3) is 1.10. The van der Waals surface area contributed by atoms with Crippen LogP contribution in [0.2, 0.25) is 0 Å². The van der Waals surface area contributed by atoms with Crippen LogP contribution in [0.25, 0.3) is 0 Å². The SMILES string of the molecule is CC1CN2CCCCC2C1(C)C. The largest absolute Gasteiger partial charge is 0.300 e. The van der Waals surface area contributed by atoms with Crippen LogP contribution in [0.5, 0.6) is 0 Å². The lowest BCUT2D eigenvalue weighted by atomic mass is 9.75. The first-order chi connectivity index (χ1) is 5.62. The molecule has 0 aromatic heterocycles. The minimum Gasteiger partial charge on any atom is -0.300 e. The Morgan fingerprint density at radius 1 is 1.25 bits per heavy atom. The number of fused-ring (bicyclic) bond motifs is 1. The summed E-state index contributed by atoms with van der Waals surface area (Å²) in [7, 11) is 0. The van der Waals surface area contributed by atoms with Crippen molar-refractivity contribution >= 4 is 0 Å². The van der Waals surface area contributed by atoms with Crippen LogP contribution in [0, 0.1) is 11.3 Å². The quantitative estimate of drug-likeness (QED) is 0.536. The first kappa shape index (κ1) is 8.55. The molecule has 2 atom stereocenters. The lowest BCUT2D eigenvalue weighted by Crippen LogP contribution is -2.40. The minimum absolute atomic E-state index is 0.570. The molecule has 0 amide bonds. The molecular formula is C11H21N. The van der Waals surface area contributed by atoms with Gasteiger partial charge in [0.25, 0.3) is 0 Å². The van der Waals surface area contributed by atoms with E-state index in [-0.39, 0.29) is 0 Å². The summed E-state index contributed by atoms with van der Waals surface area (Å²) in [6, 6.07) is 0.890. The normalized spacial score (nSPS) is 41.2. The zero-order valence-electron chi connectivity index (χ0n) is 8.64. The Labute approximate surface area is 76.1 Å². The Balaban J connectivity index is 2.16. The van der Waals surface area contributed by atoms with Gasteiger partial charge in [0.2, 0.25) is 0 Å². The molecule has 2 rings (SSSR count). The highest BCUT2D eigenvalue weighted by atomic mass is 15.2. The van der Waals surface area contributed by atoms with Crippen LogP contribution in [0.15, 0.2) is 0 Å². The summed E-state index contributed by atoms with van der Waals surface area (Å²) in [6.07, 6.45) is 4.33. The van der Waals surface area contributed by atoms with E-state index in [0.717, 1.165) is 12.0 Å². The molecule has 1 heteroatoms. The van der Waals surface area contributed by atoms with Crippen LogP contribution < -0.4 is 0 Å². The fourth-order valence-corrected chi connectivity index (χ4v) is 2.97. The van der Waals surface area contributed by atoms with Gasteiger partial charge in [-0.25, -0.2) is 0 Å². The van der Waals surface area contributed by atoms with Crippen LogP contribution >= 0.6 is 0 Å². The van der Waals surface area contributed by atoms with Crippen molar-refractivity contribution in [2.24, 2.45) is 11.3 Å². The fraction of sp³-hybridized carbons (Fsp3) is 1.00. The third-order valence-corrected chi connectivity index (χ3v) is 4.25. The molecule has 0 saturated carbocycles. The number of nitrogens with zero attached hydrogens (tertiary/aromatic N) is 1. The first-order valence-corrected chi connectivity index (χ1v) is 5.36. The highest BCUT2D eigenvalue weighted by Gasteiger charge is 2.45. The molecule has 70 valence electrons. The number of hydrogen-bond acceptors (Lipinski definition) is 1. The second-order valence-electron chi connectivity index (χ2n) is 5.23. The van der Waals surface area contributed by atoms with Gasteiger partial charge in [-0.3, -0.25) is 4.90 Å². The monoisotopic (exact) mass is 167 g/mol. The predicted octanol–water partition coefficient (Wildman–Crippen LogP) is 2.52. The fourth-order valence-electron chi connectivity index (χ4n) is 2.97. The van der Waals surface area contributed by atoms with E-state index in [1.165, 1.54) is 32.4 Å². The number of rotatable bonds is 0. The highest BCUT2D eigenvalue weighted by molar-refractivity contribution is 4.98. The van der Waals surface area contributed by atoms with E-state index < -0.39 is 0 Å². The van der Waals surface area contributed by atoms with Gasteiger partial charge in [-0.2, -0.15) is 0 Å². The van der Waals surface area contributed by atoms with E-state index in [4.69, 9.17) is 0 Å². The Morgan fingerprint density at radius 2 is 2.00 bits per heavy atom. The maximum Gasteiger partial charge on any atom is 0.0150 e. The molecule has 2 fully saturated rings. The van der Waals surface area contributed by atoms with E-state index >= 15 is 0 Å². The molecule has 12 heavy (non-hydrogen) atoms. The number of hydrogen-bond donors (Lipinski definition) is 0. The second kappa shape index (κ2) is 2.73. The lowest BCUT2D eigenvalue weighted by molar-refractivity contribution is 0.129. The van der Waals surface area contributed by atoms with Crippen molar-refractivity contribution in [2.45, 2.75) is 46.1 Å². The van der Waals surface area contributed by atoms with Gasteiger partial charge in [-0.05, 0) is 30.7 Å². The molecule has 2 unspecified atom stereocenters. The van der Waals surface area contributed by atoms with E-state index in [0.29, 0.717) is 5.41 Å². The second-order valence-corrected chi connectivity index (χ2v) is 5.23. The molecule has 2 saturated heterocycles. The Morgan fingerprint density at radius 3 is 2.67 bits per heavy atom. The van der Waals surface area contributed by atoms with Crippen LogP contribution in [0.1, 0.15) is 40.0 Å². The summed E-state index contributed by atoms with van der Waals surface area (Å²) in [5.74, 6) is 0.889. The van der Waals surface area contributed by atoms with Crippen LogP contribution in [0.3, 0.4) is 0 Å². The summed E-state index contributed by atoms with van der Waals surface area (Å²) < 4.78 is 0. The van der Waals surface area contributed by atoms with Crippen molar-refractivity contribution in [1.82, 2.24) is 4.90 Å². The van der Waals surface area contributed by atoms with Crippen molar-refractivity contribution in [3.8, 4) is 0 Å². The maximum absolute atomic E-state index is 2.72. The van der Waals surface area contributed by atoms with Crippen LogP contribution in [-0.2, 0) is 0 Å². The number of piperidine rings is 1. The van der Waals surface area contributed by atoms with Gasteiger partial charge < -0.3 is 0 Å². The van der Waals surface area contributed by atoms with Crippen molar-refractivity contribution in [3.63, 3.8) is 0 Å². The summed E-state index contributed by atoms with van der Waals surface area (Å²) >= 11 is 0. The standard InChI is InChI=1S/C11H21N/c1-9-8-12-7-5-4-6-10(12)11(9,2)3/h9-10H,4-8H2,1-3H3. The molecule has 2 heterocycles. The summed E-state index contributed by atoms with van der Waals surface area (Å²) in [5.41, 5.74) is 0.570. The van der Waals surface area contributed by atoms with Gasteiger partial charge in [0.1, 0.15) is 0 Å². The Bertz CT molecular complexity index is 174. The molecule has 0 aromatic rings. The van der Waals surface area contributed by atoms with Gasteiger partial charge in [-0.15, -0.1) is 0 Å². The average Bonchev–Trinajstić information content (AvgIpc) is 2.25. The van der Waals surface area contributed by atoms with Crippen LogP contribution in [-0.4, -0.2) is 24.0 Å². The third-order valence-electron chi connectivity index (χ3n) is 4.25. The van der Waals surface area contributed by atoms with Crippen molar-refractivity contribution in [3.05, 3.63) is 0 Å². The van der Waals surface area contributed by atoms with E-state index in [1.807, 2.05) is 0 Å². The van der Waals surface area contributed by atoms with Crippen molar-refractivity contribution < 1.29 is 0 Å². The smallest absolute Gasteiger partial charge is 0.0150 e. The van der Waals surface area contributed by atoms with Crippen molar-refractivity contribution in [2.75, 3.05) is 13.1 Å². The molecule has 0 aliphatic carbocycles. The zero-order chi connectivity index (χ0) is 8.77. The zero-order valence-corrected chi connectivity index (χ0v) is 8.64. The minimum atomic E-state index is 0.570. The van der Waals surface area contributed by atoms with Gasteiger partial charge >= 0.3 is 0 Å². The van der Waals surface area contributed by atoms with E-state index in [2.05, 4.69) is 25.7 Å². The Kier molecular flexibility index (Phi) is 1.95. The summed E-state index contributed by atoms with van der Waals surface area (Å²) in [5, 5.41) is 0. The predicted molar refractivity (Wildman–Crippen MR) is 52.2 cm³/mol. The highest BCUT2D eigenvalue weighted by Crippen LogP contribution is 2.44. The molecule has 0 N–H and O–H groups in total. The summed E-state index contributed by atoms with van der Waals surface area (Å²) in [6.45, 7) is 10.0. The molecule has 2 aliphatic heterocycles. The Hall–Kier alpha value is -0.0400. The van der Waals surface area contributed by atoms with Gasteiger partial charge in [0.05, 0.1) is 0 Å². The maximum atomic E-state index is 2.72. The van der Waals surface area contributed by atoms with Gasteiger partial charge in [0, 0.05) is 12.6 Å². The molecule has 0 bridgehead atoms. The van der Waals surface area contributed by atoms with E-state index in [9.17, 15) is 0 Å². The molecular weight excluding hydrogens is 146 g/mol. The topological polar surface area (TPSA) is 3.24 Å². The van der Waals surface area contributed by atoms with E-state index in [1.54, 1.807) is 0 Å². The first-order valence-electron chi connectivity index (χ1n) is 5.36.